The lowest BCUT2D eigenvalue weighted by molar-refractivity contribution is -0.0131. The number of hydroxylamine groups is 1. The molecule has 1 rings (SSSR count). The summed E-state index contributed by atoms with van der Waals surface area (Å²) in [6.07, 6.45) is 0.976. The van der Waals surface area contributed by atoms with Crippen molar-refractivity contribution in [2.45, 2.75) is 19.4 Å². The van der Waals surface area contributed by atoms with Crippen LogP contribution in [0.4, 0.5) is 0 Å². The minimum absolute atomic E-state index is 0.217. The number of nitrogens with one attached hydrogen (secondary N) is 1. The standard InChI is InChI=1S/C12H18BrNO2/c1-3-12(14-16-8-7-15-2)10-5-4-6-11(13)9-10/h4-6,9,12,14H,3,7-8H2,1-2H3. The van der Waals surface area contributed by atoms with Crippen LogP contribution in [-0.2, 0) is 9.57 Å². The summed E-state index contributed by atoms with van der Waals surface area (Å²) in [5.41, 5.74) is 4.26. The molecule has 0 fully saturated rings. The lowest BCUT2D eigenvalue weighted by atomic mass is 10.1. The second-order valence-electron chi connectivity index (χ2n) is 3.47. The van der Waals surface area contributed by atoms with Gasteiger partial charge in [-0.2, -0.15) is 5.48 Å². The van der Waals surface area contributed by atoms with E-state index in [-0.39, 0.29) is 6.04 Å². The summed E-state index contributed by atoms with van der Waals surface area (Å²) in [7, 11) is 1.66. The van der Waals surface area contributed by atoms with Crippen molar-refractivity contribution in [2.75, 3.05) is 20.3 Å². The van der Waals surface area contributed by atoms with Gasteiger partial charge < -0.3 is 4.74 Å². The van der Waals surface area contributed by atoms with Gasteiger partial charge in [-0.3, -0.25) is 4.84 Å². The van der Waals surface area contributed by atoms with Gasteiger partial charge in [0.1, 0.15) is 0 Å². The van der Waals surface area contributed by atoms with Crippen LogP contribution < -0.4 is 5.48 Å². The zero-order valence-electron chi connectivity index (χ0n) is 9.70. The molecule has 4 heteroatoms. The van der Waals surface area contributed by atoms with Crippen LogP contribution in [-0.4, -0.2) is 20.3 Å². The quantitative estimate of drug-likeness (QED) is 0.618. The monoisotopic (exact) mass is 287 g/mol. The molecule has 0 bridgehead atoms. The van der Waals surface area contributed by atoms with Gasteiger partial charge in [0.2, 0.25) is 0 Å². The number of halogens is 1. The molecular formula is C12H18BrNO2. The van der Waals surface area contributed by atoms with Gasteiger partial charge in [-0.05, 0) is 24.1 Å². The van der Waals surface area contributed by atoms with Crippen LogP contribution in [0.2, 0.25) is 0 Å². The number of hydrogen-bond acceptors (Lipinski definition) is 3. The van der Waals surface area contributed by atoms with E-state index >= 15 is 0 Å². The summed E-state index contributed by atoms with van der Waals surface area (Å²) in [6.45, 7) is 3.28. The highest BCUT2D eigenvalue weighted by Crippen LogP contribution is 2.20. The van der Waals surface area contributed by atoms with E-state index in [1.54, 1.807) is 7.11 Å². The van der Waals surface area contributed by atoms with Gasteiger partial charge in [0.15, 0.2) is 0 Å². The molecule has 1 atom stereocenters. The molecule has 0 amide bonds. The molecule has 0 saturated carbocycles. The molecule has 0 radical (unpaired) electrons. The van der Waals surface area contributed by atoms with Crippen molar-refractivity contribution in [2.24, 2.45) is 0 Å². The number of rotatable bonds is 7. The molecule has 0 aliphatic heterocycles. The number of benzene rings is 1. The van der Waals surface area contributed by atoms with E-state index < -0.39 is 0 Å². The Labute approximate surface area is 105 Å². The Balaban J connectivity index is 2.47. The molecule has 0 aliphatic carbocycles. The first kappa shape index (κ1) is 13.6. The zero-order valence-corrected chi connectivity index (χ0v) is 11.3. The summed E-state index contributed by atoms with van der Waals surface area (Å²) in [6, 6.07) is 8.45. The van der Waals surface area contributed by atoms with E-state index in [9.17, 15) is 0 Å². The van der Waals surface area contributed by atoms with Crippen LogP contribution in [0.5, 0.6) is 0 Å². The van der Waals surface area contributed by atoms with Gasteiger partial charge in [-0.1, -0.05) is 35.0 Å². The van der Waals surface area contributed by atoms with E-state index in [0.717, 1.165) is 10.9 Å². The second-order valence-corrected chi connectivity index (χ2v) is 4.39. The van der Waals surface area contributed by atoms with Gasteiger partial charge in [0, 0.05) is 11.6 Å². The number of ether oxygens (including phenoxy) is 1. The molecule has 16 heavy (non-hydrogen) atoms. The van der Waals surface area contributed by atoms with E-state index in [4.69, 9.17) is 9.57 Å². The Morgan fingerprint density at radius 1 is 1.38 bits per heavy atom. The third-order valence-electron chi connectivity index (χ3n) is 2.27. The fourth-order valence-corrected chi connectivity index (χ4v) is 1.81. The SMILES string of the molecule is CCC(NOCCOC)c1cccc(Br)c1. The van der Waals surface area contributed by atoms with Crippen LogP contribution in [0, 0.1) is 0 Å². The summed E-state index contributed by atoms with van der Waals surface area (Å²) < 4.78 is 5.99. The average molecular weight is 288 g/mol. The fraction of sp³-hybridized carbons (Fsp3) is 0.500. The molecule has 3 nitrogen and oxygen atoms in total. The minimum atomic E-state index is 0.217. The predicted molar refractivity (Wildman–Crippen MR) is 68.1 cm³/mol. The highest BCUT2D eigenvalue weighted by molar-refractivity contribution is 9.10. The summed E-state index contributed by atoms with van der Waals surface area (Å²) in [5.74, 6) is 0. The van der Waals surface area contributed by atoms with E-state index in [0.29, 0.717) is 13.2 Å². The van der Waals surface area contributed by atoms with Gasteiger partial charge in [-0.15, -0.1) is 0 Å². The topological polar surface area (TPSA) is 30.5 Å². The van der Waals surface area contributed by atoms with Crippen LogP contribution in [0.3, 0.4) is 0 Å². The zero-order chi connectivity index (χ0) is 11.8. The van der Waals surface area contributed by atoms with Crippen LogP contribution in [0.1, 0.15) is 24.9 Å². The van der Waals surface area contributed by atoms with Crippen molar-refractivity contribution in [3.8, 4) is 0 Å². The second kappa shape index (κ2) is 7.79. The Bertz CT molecular complexity index is 307. The molecule has 1 aromatic rings. The third-order valence-corrected chi connectivity index (χ3v) is 2.77. The molecule has 1 unspecified atom stereocenters. The first-order valence-corrected chi connectivity index (χ1v) is 6.19. The van der Waals surface area contributed by atoms with Gasteiger partial charge in [0.25, 0.3) is 0 Å². The Morgan fingerprint density at radius 2 is 2.19 bits per heavy atom. The lowest BCUT2D eigenvalue weighted by Crippen LogP contribution is -2.23. The number of hydrogen-bond donors (Lipinski definition) is 1. The van der Waals surface area contributed by atoms with Gasteiger partial charge in [0.05, 0.1) is 19.3 Å². The van der Waals surface area contributed by atoms with E-state index in [1.165, 1.54) is 5.56 Å². The maximum Gasteiger partial charge on any atom is 0.0916 e. The molecule has 0 aromatic heterocycles. The minimum Gasteiger partial charge on any atom is -0.382 e. The molecule has 0 saturated heterocycles. The molecule has 0 aliphatic rings. The van der Waals surface area contributed by atoms with Crippen molar-refractivity contribution in [1.82, 2.24) is 5.48 Å². The highest BCUT2D eigenvalue weighted by Gasteiger charge is 2.08. The highest BCUT2D eigenvalue weighted by atomic mass is 79.9. The molecule has 1 aromatic carbocycles. The van der Waals surface area contributed by atoms with Crippen molar-refractivity contribution in [1.29, 1.82) is 0 Å². The van der Waals surface area contributed by atoms with E-state index in [2.05, 4.69) is 40.5 Å². The van der Waals surface area contributed by atoms with Crippen molar-refractivity contribution in [3.63, 3.8) is 0 Å². The molecule has 90 valence electrons. The smallest absolute Gasteiger partial charge is 0.0916 e. The van der Waals surface area contributed by atoms with Crippen LogP contribution in [0.25, 0.3) is 0 Å². The molecule has 0 spiro atoms. The Kier molecular flexibility index (Phi) is 6.64. The molecule has 0 heterocycles. The Morgan fingerprint density at radius 3 is 2.81 bits per heavy atom. The maximum absolute atomic E-state index is 5.33. The van der Waals surface area contributed by atoms with Gasteiger partial charge in [-0.25, -0.2) is 0 Å². The van der Waals surface area contributed by atoms with Gasteiger partial charge >= 0.3 is 0 Å². The normalized spacial score (nSPS) is 12.7. The van der Waals surface area contributed by atoms with E-state index in [1.807, 2.05) is 12.1 Å². The first-order chi connectivity index (χ1) is 7.77. The molecular weight excluding hydrogens is 270 g/mol. The summed E-state index contributed by atoms with van der Waals surface area (Å²) >= 11 is 3.46. The molecule has 1 N–H and O–H groups in total. The van der Waals surface area contributed by atoms with Crippen LogP contribution >= 0.6 is 15.9 Å². The van der Waals surface area contributed by atoms with Crippen LogP contribution in [0.15, 0.2) is 28.7 Å². The lowest BCUT2D eigenvalue weighted by Gasteiger charge is -2.17. The summed E-state index contributed by atoms with van der Waals surface area (Å²) in [4.78, 5) is 5.33. The first-order valence-electron chi connectivity index (χ1n) is 5.39. The Hall–Kier alpha value is -0.420. The third kappa shape index (κ3) is 4.61. The van der Waals surface area contributed by atoms with Crippen molar-refractivity contribution < 1.29 is 9.57 Å². The number of methoxy groups -OCH3 is 1. The average Bonchev–Trinajstić information content (AvgIpc) is 2.29. The maximum atomic E-state index is 5.33. The predicted octanol–water partition coefficient (Wildman–Crippen LogP) is 3.07. The summed E-state index contributed by atoms with van der Waals surface area (Å²) in [5, 5.41) is 0. The fourth-order valence-electron chi connectivity index (χ4n) is 1.39. The van der Waals surface area contributed by atoms with Crippen molar-refractivity contribution >= 4 is 15.9 Å². The van der Waals surface area contributed by atoms with Crippen molar-refractivity contribution in [3.05, 3.63) is 34.3 Å². The largest absolute Gasteiger partial charge is 0.382 e.